The molecular formula is C22H30F3N5O2. The molecule has 1 unspecified atom stereocenters. The van der Waals surface area contributed by atoms with E-state index in [-0.39, 0.29) is 30.4 Å². The minimum Gasteiger partial charge on any atom is -0.461 e. The summed E-state index contributed by atoms with van der Waals surface area (Å²) < 4.78 is 45.7. The zero-order valence-electron chi connectivity index (χ0n) is 19.0. The second-order valence-electron chi connectivity index (χ2n) is 9.72. The number of esters is 1. The molecule has 1 aromatic heterocycles. The molecule has 10 heteroatoms. The van der Waals surface area contributed by atoms with Crippen LogP contribution in [-0.2, 0) is 34.3 Å². The van der Waals surface area contributed by atoms with Crippen LogP contribution in [0.15, 0.2) is 24.3 Å². The number of anilines is 1. The van der Waals surface area contributed by atoms with Crippen LogP contribution in [0.4, 0.5) is 18.9 Å². The van der Waals surface area contributed by atoms with Crippen LogP contribution in [-0.4, -0.2) is 33.4 Å². The molecule has 0 fully saturated rings. The normalized spacial score (nSPS) is 16.6. The van der Waals surface area contributed by atoms with Crippen LogP contribution in [0.2, 0.25) is 0 Å². The van der Waals surface area contributed by atoms with Crippen LogP contribution in [0.25, 0.3) is 0 Å². The monoisotopic (exact) mass is 453 g/mol. The number of fused-ring (bicyclic) bond motifs is 1. The van der Waals surface area contributed by atoms with Gasteiger partial charge in [0.05, 0.1) is 12.6 Å². The zero-order chi connectivity index (χ0) is 23.9. The molecule has 0 bridgehead atoms. The number of aromatic nitrogens is 3. The first-order valence-corrected chi connectivity index (χ1v) is 10.6. The second-order valence-corrected chi connectivity index (χ2v) is 9.72. The van der Waals surface area contributed by atoms with Crippen LogP contribution < -0.4 is 10.6 Å². The molecule has 1 aromatic carbocycles. The summed E-state index contributed by atoms with van der Waals surface area (Å²) in [4.78, 5) is 14.8. The van der Waals surface area contributed by atoms with Crippen LogP contribution in [0.5, 0.6) is 0 Å². The maximum Gasteiger partial charge on any atom is 0.451 e. The Labute approximate surface area is 185 Å². The quantitative estimate of drug-likeness (QED) is 0.692. The van der Waals surface area contributed by atoms with Crippen molar-refractivity contribution in [2.45, 2.75) is 71.9 Å². The Morgan fingerprint density at radius 1 is 1.12 bits per heavy atom. The molecule has 0 saturated carbocycles. The lowest BCUT2D eigenvalue weighted by Crippen LogP contribution is -2.49. The van der Waals surface area contributed by atoms with Crippen LogP contribution in [0, 0.1) is 5.41 Å². The first-order valence-electron chi connectivity index (χ1n) is 10.6. The first-order chi connectivity index (χ1) is 14.7. The number of benzene rings is 1. The van der Waals surface area contributed by atoms with Crippen molar-refractivity contribution in [1.82, 2.24) is 14.8 Å². The number of hydrogen-bond acceptors (Lipinski definition) is 6. The van der Waals surface area contributed by atoms with Gasteiger partial charge >= 0.3 is 12.1 Å². The SMILES string of the molecule is CC(C)OC(=O)C(N)(CC(C)(C)C)c1ccc(N2CCn3c(nnc3C(F)(F)F)C2)cc1. The largest absolute Gasteiger partial charge is 0.461 e. The summed E-state index contributed by atoms with van der Waals surface area (Å²) in [5.41, 5.74) is 6.50. The zero-order valence-corrected chi connectivity index (χ0v) is 19.0. The fraction of sp³-hybridized carbons (Fsp3) is 0.591. The van der Waals surface area contributed by atoms with Gasteiger partial charge in [0.15, 0.2) is 5.82 Å². The van der Waals surface area contributed by atoms with E-state index in [4.69, 9.17) is 10.5 Å². The maximum atomic E-state index is 13.1. The average Bonchev–Trinajstić information content (AvgIpc) is 3.10. The highest BCUT2D eigenvalue weighted by molar-refractivity contribution is 5.82. The number of nitrogens with two attached hydrogens (primary N) is 1. The molecule has 0 amide bonds. The Hall–Kier alpha value is -2.62. The summed E-state index contributed by atoms with van der Waals surface area (Å²) in [6, 6.07) is 7.20. The highest BCUT2D eigenvalue weighted by atomic mass is 19.4. The van der Waals surface area contributed by atoms with Crippen molar-refractivity contribution in [3.05, 3.63) is 41.5 Å². The first kappa shape index (κ1) is 24.0. The average molecular weight is 454 g/mol. The van der Waals surface area contributed by atoms with E-state index in [2.05, 4.69) is 10.2 Å². The Bertz CT molecular complexity index is 963. The van der Waals surface area contributed by atoms with E-state index < -0.39 is 23.5 Å². The van der Waals surface area contributed by atoms with Gasteiger partial charge in [0.2, 0.25) is 5.82 Å². The van der Waals surface area contributed by atoms with E-state index in [0.29, 0.717) is 18.5 Å². The Kier molecular flexibility index (Phi) is 6.29. The molecule has 0 spiro atoms. The van der Waals surface area contributed by atoms with E-state index in [1.54, 1.807) is 26.0 Å². The maximum absolute atomic E-state index is 13.1. The van der Waals surface area contributed by atoms with Gasteiger partial charge in [-0.15, -0.1) is 10.2 Å². The number of carbonyl (C=O) groups is 1. The summed E-state index contributed by atoms with van der Waals surface area (Å²) in [5.74, 6) is -1.20. The second kappa shape index (κ2) is 8.38. The third kappa shape index (κ3) is 5.06. The van der Waals surface area contributed by atoms with Gasteiger partial charge in [0.25, 0.3) is 0 Å². The van der Waals surface area contributed by atoms with Crippen LogP contribution in [0.3, 0.4) is 0 Å². The van der Waals surface area contributed by atoms with Gasteiger partial charge in [-0.2, -0.15) is 13.2 Å². The van der Waals surface area contributed by atoms with Crippen LogP contribution in [0.1, 0.15) is 58.3 Å². The van der Waals surface area contributed by atoms with Gasteiger partial charge in [-0.1, -0.05) is 32.9 Å². The molecule has 176 valence electrons. The molecule has 2 N–H and O–H groups in total. The lowest BCUT2D eigenvalue weighted by molar-refractivity contribution is -0.156. The predicted molar refractivity (Wildman–Crippen MR) is 114 cm³/mol. The van der Waals surface area contributed by atoms with Crippen molar-refractivity contribution in [2.75, 3.05) is 11.4 Å². The molecule has 3 rings (SSSR count). The summed E-state index contributed by atoms with van der Waals surface area (Å²) in [6.45, 7) is 10.3. The molecule has 32 heavy (non-hydrogen) atoms. The van der Waals surface area contributed by atoms with Crippen LogP contribution >= 0.6 is 0 Å². The van der Waals surface area contributed by atoms with Gasteiger partial charge in [-0.3, -0.25) is 0 Å². The fourth-order valence-corrected chi connectivity index (χ4v) is 4.01. The van der Waals surface area contributed by atoms with Gasteiger partial charge in [0, 0.05) is 18.8 Å². The van der Waals surface area contributed by atoms with Crippen molar-refractivity contribution in [3.8, 4) is 0 Å². The van der Waals surface area contributed by atoms with Gasteiger partial charge in [-0.05, 0) is 43.4 Å². The number of hydrogen-bond donors (Lipinski definition) is 1. The number of halogens is 3. The molecule has 2 heterocycles. The summed E-state index contributed by atoms with van der Waals surface area (Å²) in [6.07, 6.45) is -4.44. The molecule has 1 aliphatic rings. The Morgan fingerprint density at radius 2 is 1.75 bits per heavy atom. The van der Waals surface area contributed by atoms with Crippen molar-refractivity contribution >= 4 is 11.7 Å². The fourth-order valence-electron chi connectivity index (χ4n) is 4.01. The summed E-state index contributed by atoms with van der Waals surface area (Å²) >= 11 is 0. The van der Waals surface area contributed by atoms with Crippen molar-refractivity contribution in [1.29, 1.82) is 0 Å². The predicted octanol–water partition coefficient (Wildman–Crippen LogP) is 3.86. The molecular weight excluding hydrogens is 423 g/mol. The molecule has 1 atom stereocenters. The third-order valence-corrected chi connectivity index (χ3v) is 5.27. The molecule has 0 radical (unpaired) electrons. The smallest absolute Gasteiger partial charge is 0.451 e. The van der Waals surface area contributed by atoms with Crippen molar-refractivity contribution in [2.24, 2.45) is 11.1 Å². The van der Waals surface area contributed by atoms with E-state index >= 15 is 0 Å². The molecule has 7 nitrogen and oxygen atoms in total. The minimum absolute atomic E-state index is 0.129. The lowest BCUT2D eigenvalue weighted by atomic mass is 9.76. The highest BCUT2D eigenvalue weighted by Crippen LogP contribution is 2.36. The van der Waals surface area contributed by atoms with Gasteiger partial charge in [0.1, 0.15) is 5.54 Å². The van der Waals surface area contributed by atoms with Crippen molar-refractivity contribution in [3.63, 3.8) is 0 Å². The number of nitrogens with zero attached hydrogens (tertiary/aromatic N) is 4. The molecule has 2 aromatic rings. The molecule has 0 aliphatic carbocycles. The van der Waals surface area contributed by atoms with E-state index in [9.17, 15) is 18.0 Å². The number of carbonyl (C=O) groups excluding carboxylic acids is 1. The standard InChI is InChI=1S/C22H30F3N5O2/c1-14(2)32-19(31)21(26,13-20(3,4)5)15-6-8-16(9-7-15)29-10-11-30-17(12-29)27-28-18(30)22(23,24)25/h6-9,14H,10-13,26H2,1-5H3. The van der Waals surface area contributed by atoms with Crippen molar-refractivity contribution < 1.29 is 22.7 Å². The molecule has 1 aliphatic heterocycles. The topological polar surface area (TPSA) is 86.3 Å². The van der Waals surface area contributed by atoms with E-state index in [1.807, 2.05) is 37.8 Å². The van der Waals surface area contributed by atoms with E-state index in [0.717, 1.165) is 10.3 Å². The van der Waals surface area contributed by atoms with Gasteiger partial charge < -0.3 is 19.9 Å². The van der Waals surface area contributed by atoms with Gasteiger partial charge in [-0.25, -0.2) is 4.79 Å². The summed E-state index contributed by atoms with van der Waals surface area (Å²) in [5, 5.41) is 7.03. The number of ether oxygens (including phenoxy) is 1. The highest BCUT2D eigenvalue weighted by Gasteiger charge is 2.42. The Morgan fingerprint density at radius 3 is 2.28 bits per heavy atom. The Balaban J connectivity index is 1.84. The molecule has 0 saturated heterocycles. The minimum atomic E-state index is -4.53. The lowest BCUT2D eigenvalue weighted by Gasteiger charge is -2.35. The van der Waals surface area contributed by atoms with E-state index in [1.165, 1.54) is 0 Å². The third-order valence-electron chi connectivity index (χ3n) is 5.27. The number of rotatable bonds is 5. The summed E-state index contributed by atoms with van der Waals surface area (Å²) in [7, 11) is 0. The number of alkyl halides is 3.